The Balaban J connectivity index is 1.45. The van der Waals surface area contributed by atoms with Gasteiger partial charge in [-0.25, -0.2) is 9.98 Å². The summed E-state index contributed by atoms with van der Waals surface area (Å²) in [5.41, 5.74) is 3.80. The predicted octanol–water partition coefficient (Wildman–Crippen LogP) is 4.89. The topological polar surface area (TPSA) is 103 Å². The van der Waals surface area contributed by atoms with Crippen LogP contribution in [0, 0.1) is 11.8 Å². The van der Waals surface area contributed by atoms with E-state index in [0.29, 0.717) is 49.4 Å². The molecule has 1 amide bonds. The maximum Gasteiger partial charge on any atom is 0.287 e. The van der Waals surface area contributed by atoms with Gasteiger partial charge >= 0.3 is 0 Å². The van der Waals surface area contributed by atoms with Gasteiger partial charge in [-0.1, -0.05) is 39.3 Å². The maximum absolute atomic E-state index is 12.7. The van der Waals surface area contributed by atoms with Crippen LogP contribution in [-0.2, 0) is 4.79 Å². The minimum absolute atomic E-state index is 0.186. The van der Waals surface area contributed by atoms with E-state index in [0.717, 1.165) is 66.9 Å². The van der Waals surface area contributed by atoms with Crippen LogP contribution in [0.1, 0.15) is 76.3 Å². The van der Waals surface area contributed by atoms with E-state index in [-0.39, 0.29) is 5.91 Å². The van der Waals surface area contributed by atoms with Crippen LogP contribution in [0.2, 0.25) is 0 Å². The molecule has 0 bridgehead atoms. The molecular formula is C28H38N6O2. The number of imidazole rings is 1. The van der Waals surface area contributed by atoms with E-state index in [1.807, 2.05) is 30.5 Å². The largest absolute Gasteiger partial charge is 0.355 e. The molecule has 2 aromatic rings. The normalized spacial score (nSPS) is 17.8. The van der Waals surface area contributed by atoms with Gasteiger partial charge in [-0.2, -0.15) is 0 Å². The average molecular weight is 491 g/mol. The molecule has 0 saturated carbocycles. The highest BCUT2D eigenvalue weighted by Gasteiger charge is 2.23. The van der Waals surface area contributed by atoms with Crippen molar-refractivity contribution in [2.75, 3.05) is 19.6 Å². The van der Waals surface area contributed by atoms with Gasteiger partial charge in [0, 0.05) is 50.8 Å². The molecule has 192 valence electrons. The molecule has 8 heteroatoms. The molecule has 0 aliphatic carbocycles. The summed E-state index contributed by atoms with van der Waals surface area (Å²) in [5.74, 6) is 2.11. The lowest BCUT2D eigenvalue weighted by Gasteiger charge is -2.25. The standard InChI is InChI=1S/C28H38N6O2/c1-4-20(11-14-30-28(36)26-32-23-9-5-6-10-24(23)33-26)18-25-27(29-15-12-22(31-25)19(2)3)34-16-7-8-21(35)13-17-34/h5-6,9-10,15,19-20H,4,7-8,11-14,16-18H2,1-3H3,(H,30,36)(H,32,33). The summed E-state index contributed by atoms with van der Waals surface area (Å²) < 4.78 is 0. The van der Waals surface area contributed by atoms with Gasteiger partial charge in [-0.3, -0.25) is 14.6 Å². The van der Waals surface area contributed by atoms with Crippen LogP contribution in [0.3, 0.4) is 0 Å². The number of nitrogens with one attached hydrogen (secondary N) is 2. The quantitative estimate of drug-likeness (QED) is 0.522. The lowest BCUT2D eigenvalue weighted by atomic mass is 9.96. The van der Waals surface area contributed by atoms with E-state index in [2.05, 4.69) is 41.0 Å². The van der Waals surface area contributed by atoms with Crippen LogP contribution < -0.4 is 5.32 Å². The monoisotopic (exact) mass is 490 g/mol. The number of ketones is 1. The summed E-state index contributed by atoms with van der Waals surface area (Å²) in [6, 6.07) is 7.64. The average Bonchev–Trinajstić information content (AvgIpc) is 3.04. The molecule has 0 radical (unpaired) electrons. The minimum atomic E-state index is -0.186. The summed E-state index contributed by atoms with van der Waals surface area (Å²) in [6.45, 7) is 8.63. The molecule has 1 saturated heterocycles. The number of aromatic amines is 1. The zero-order valence-electron chi connectivity index (χ0n) is 21.7. The van der Waals surface area contributed by atoms with Crippen molar-refractivity contribution >= 4 is 34.7 Å². The number of benzene rings is 1. The number of para-hydroxylation sites is 2. The van der Waals surface area contributed by atoms with Crippen molar-refractivity contribution in [1.29, 1.82) is 0 Å². The number of fused-ring (bicyclic) bond motifs is 1. The highest BCUT2D eigenvalue weighted by Crippen LogP contribution is 2.28. The number of carbonyl (C=O) groups is 2. The summed E-state index contributed by atoms with van der Waals surface area (Å²) in [7, 11) is 0. The number of H-pyrrole nitrogens is 1. The number of hydrogen-bond acceptors (Lipinski definition) is 6. The zero-order valence-corrected chi connectivity index (χ0v) is 21.7. The molecule has 1 fully saturated rings. The van der Waals surface area contributed by atoms with Gasteiger partial charge in [0.2, 0.25) is 0 Å². The molecule has 1 atom stereocenters. The SMILES string of the molecule is CCC(CCNC(=O)c1nc2ccccc2[nH]1)CC1=C(N2CCCC(=O)CC2)N=CCC(C(C)C)=N1. The Hall–Kier alpha value is -3.29. The smallest absolute Gasteiger partial charge is 0.287 e. The van der Waals surface area contributed by atoms with Gasteiger partial charge in [0.15, 0.2) is 5.82 Å². The zero-order chi connectivity index (χ0) is 25.5. The molecule has 1 aromatic heterocycles. The maximum atomic E-state index is 12.7. The second-order valence-corrected chi connectivity index (χ2v) is 10.0. The van der Waals surface area contributed by atoms with Gasteiger partial charge in [0.1, 0.15) is 11.6 Å². The highest BCUT2D eigenvalue weighted by molar-refractivity contribution is 5.98. The third-order valence-electron chi connectivity index (χ3n) is 7.06. The molecule has 1 aromatic carbocycles. The van der Waals surface area contributed by atoms with Crippen molar-refractivity contribution < 1.29 is 9.59 Å². The van der Waals surface area contributed by atoms with Gasteiger partial charge in [-0.05, 0) is 43.2 Å². The third-order valence-corrected chi connectivity index (χ3v) is 7.06. The summed E-state index contributed by atoms with van der Waals surface area (Å²) in [4.78, 5) is 44.4. The molecular weight excluding hydrogens is 452 g/mol. The van der Waals surface area contributed by atoms with Crippen molar-refractivity contribution in [3.05, 3.63) is 41.6 Å². The van der Waals surface area contributed by atoms with Gasteiger partial charge in [0.25, 0.3) is 5.91 Å². The Bertz CT molecular complexity index is 1140. The first-order valence-corrected chi connectivity index (χ1v) is 13.3. The van der Waals surface area contributed by atoms with E-state index in [1.165, 1.54) is 0 Å². The number of Topliss-reactive ketones (excluding diaryl/α,β-unsaturated/α-hetero) is 1. The predicted molar refractivity (Wildman–Crippen MR) is 144 cm³/mol. The molecule has 2 N–H and O–H groups in total. The van der Waals surface area contributed by atoms with Crippen LogP contribution in [0.25, 0.3) is 11.0 Å². The highest BCUT2D eigenvalue weighted by atomic mass is 16.2. The Kier molecular flexibility index (Phi) is 8.67. The second kappa shape index (κ2) is 12.1. The molecule has 2 aliphatic rings. The Labute approximate surface area is 213 Å². The Morgan fingerprint density at radius 3 is 2.81 bits per heavy atom. The van der Waals surface area contributed by atoms with Crippen molar-refractivity contribution in [1.82, 2.24) is 20.2 Å². The second-order valence-electron chi connectivity index (χ2n) is 10.0. The molecule has 8 nitrogen and oxygen atoms in total. The Morgan fingerprint density at radius 1 is 1.19 bits per heavy atom. The van der Waals surface area contributed by atoms with Gasteiger partial charge < -0.3 is 15.2 Å². The Morgan fingerprint density at radius 2 is 2.03 bits per heavy atom. The minimum Gasteiger partial charge on any atom is -0.355 e. The fourth-order valence-corrected chi connectivity index (χ4v) is 4.77. The van der Waals surface area contributed by atoms with Crippen LogP contribution in [-0.4, -0.2) is 58.1 Å². The number of rotatable bonds is 9. The summed E-state index contributed by atoms with van der Waals surface area (Å²) in [6.07, 6.45) is 7.41. The van der Waals surface area contributed by atoms with Crippen molar-refractivity contribution in [2.45, 2.75) is 65.7 Å². The molecule has 1 unspecified atom stereocenters. The molecule has 36 heavy (non-hydrogen) atoms. The molecule has 4 rings (SSSR count). The van der Waals surface area contributed by atoms with Gasteiger partial charge in [-0.15, -0.1) is 0 Å². The first-order chi connectivity index (χ1) is 17.4. The van der Waals surface area contributed by atoms with Crippen LogP contribution in [0.5, 0.6) is 0 Å². The van der Waals surface area contributed by atoms with E-state index in [9.17, 15) is 9.59 Å². The number of amides is 1. The number of allylic oxidation sites excluding steroid dienone is 1. The van der Waals surface area contributed by atoms with E-state index >= 15 is 0 Å². The van der Waals surface area contributed by atoms with Gasteiger partial charge in [0.05, 0.1) is 16.7 Å². The van der Waals surface area contributed by atoms with Crippen LogP contribution >= 0.6 is 0 Å². The number of carbonyl (C=O) groups excluding carboxylic acids is 2. The lowest BCUT2D eigenvalue weighted by molar-refractivity contribution is -0.118. The number of likely N-dealkylation sites (tertiary alicyclic amines) is 1. The number of aliphatic imine (C=N–C) groups is 2. The molecule has 2 aliphatic heterocycles. The fourth-order valence-electron chi connectivity index (χ4n) is 4.77. The van der Waals surface area contributed by atoms with E-state index < -0.39 is 0 Å². The summed E-state index contributed by atoms with van der Waals surface area (Å²) in [5, 5.41) is 3.03. The fraction of sp³-hybridized carbons (Fsp3) is 0.536. The number of nitrogens with zero attached hydrogens (tertiary/aromatic N) is 4. The van der Waals surface area contributed by atoms with Crippen LogP contribution in [0.15, 0.2) is 45.8 Å². The first-order valence-electron chi connectivity index (χ1n) is 13.3. The lowest BCUT2D eigenvalue weighted by Crippen LogP contribution is -2.27. The molecule has 0 spiro atoms. The van der Waals surface area contributed by atoms with E-state index in [1.54, 1.807) is 0 Å². The third kappa shape index (κ3) is 6.47. The van der Waals surface area contributed by atoms with E-state index in [4.69, 9.17) is 9.98 Å². The van der Waals surface area contributed by atoms with Crippen molar-refractivity contribution in [2.24, 2.45) is 21.8 Å². The number of hydrogen-bond donors (Lipinski definition) is 2. The first kappa shape index (κ1) is 25.8. The van der Waals surface area contributed by atoms with Crippen LogP contribution in [0.4, 0.5) is 0 Å². The molecule has 3 heterocycles. The van der Waals surface area contributed by atoms with Crippen molar-refractivity contribution in [3.63, 3.8) is 0 Å². The summed E-state index contributed by atoms with van der Waals surface area (Å²) >= 11 is 0. The number of aromatic nitrogens is 2. The van der Waals surface area contributed by atoms with Crippen molar-refractivity contribution in [3.8, 4) is 0 Å².